The number of aromatic nitrogens is 6. The van der Waals surface area contributed by atoms with Gasteiger partial charge in [-0.15, -0.1) is 5.10 Å². The number of hydrogen-bond donors (Lipinski definition) is 1. The molecule has 1 amide bonds. The first kappa shape index (κ1) is 22.2. The number of rotatable bonds is 7. The lowest BCUT2D eigenvalue weighted by Crippen LogP contribution is -2.24. The van der Waals surface area contributed by atoms with Gasteiger partial charge in [-0.25, -0.2) is 0 Å². The Morgan fingerprint density at radius 3 is 2.55 bits per heavy atom. The van der Waals surface area contributed by atoms with Crippen molar-refractivity contribution < 1.29 is 9.53 Å². The van der Waals surface area contributed by atoms with Gasteiger partial charge >= 0.3 is 0 Å². The molecule has 2 aromatic carbocycles. The molecule has 0 aliphatic rings. The first-order chi connectivity index (χ1) is 15.9. The molecule has 33 heavy (non-hydrogen) atoms. The third-order valence-electron chi connectivity index (χ3n) is 5.28. The molecule has 4 aromatic rings. The van der Waals surface area contributed by atoms with E-state index in [4.69, 9.17) is 4.74 Å². The van der Waals surface area contributed by atoms with Crippen molar-refractivity contribution in [3.8, 4) is 16.8 Å². The minimum Gasteiger partial charge on any atom is -0.374 e. The van der Waals surface area contributed by atoms with Gasteiger partial charge in [-0.05, 0) is 60.5 Å². The number of amides is 1. The first-order valence-corrected chi connectivity index (χ1v) is 10.5. The fourth-order valence-electron chi connectivity index (χ4n) is 3.30. The van der Waals surface area contributed by atoms with Crippen LogP contribution < -0.4 is 5.32 Å². The fourth-order valence-corrected chi connectivity index (χ4v) is 3.30. The molecule has 0 spiro atoms. The Hall–Kier alpha value is -3.98. The van der Waals surface area contributed by atoms with Gasteiger partial charge in [0, 0.05) is 18.9 Å². The van der Waals surface area contributed by atoms with Gasteiger partial charge in [-0.3, -0.25) is 14.8 Å². The van der Waals surface area contributed by atoms with Crippen LogP contribution in [0.4, 0.5) is 0 Å². The van der Waals surface area contributed by atoms with Crippen LogP contribution in [-0.4, -0.2) is 43.2 Å². The van der Waals surface area contributed by atoms with Gasteiger partial charge < -0.3 is 10.1 Å². The van der Waals surface area contributed by atoms with Gasteiger partial charge in [0.05, 0.1) is 29.8 Å². The molecule has 0 radical (unpaired) electrons. The highest BCUT2D eigenvalue weighted by Gasteiger charge is 2.18. The largest absolute Gasteiger partial charge is 0.374 e. The maximum atomic E-state index is 13.1. The summed E-state index contributed by atoms with van der Waals surface area (Å²) >= 11 is 0. The van der Waals surface area contributed by atoms with E-state index >= 15 is 0 Å². The lowest BCUT2D eigenvalue weighted by molar-refractivity contribution is 0.0950. The molecule has 0 aliphatic carbocycles. The molecule has 0 saturated heterocycles. The summed E-state index contributed by atoms with van der Waals surface area (Å²) in [5.74, 6) is 0.307. The van der Waals surface area contributed by atoms with Gasteiger partial charge in [-0.2, -0.15) is 4.68 Å². The van der Waals surface area contributed by atoms with E-state index in [2.05, 4.69) is 30.8 Å². The molecule has 9 heteroatoms. The van der Waals surface area contributed by atoms with Crippen LogP contribution in [-0.2, 0) is 11.3 Å². The Labute approximate surface area is 191 Å². The third kappa shape index (κ3) is 5.09. The zero-order chi connectivity index (χ0) is 23.4. The highest BCUT2D eigenvalue weighted by Crippen LogP contribution is 2.26. The van der Waals surface area contributed by atoms with E-state index in [1.54, 1.807) is 30.3 Å². The van der Waals surface area contributed by atoms with Crippen molar-refractivity contribution in [3.63, 3.8) is 0 Å². The van der Waals surface area contributed by atoms with E-state index in [1.165, 1.54) is 0 Å². The van der Waals surface area contributed by atoms with Crippen molar-refractivity contribution >= 4 is 5.91 Å². The highest BCUT2D eigenvalue weighted by atomic mass is 16.5. The van der Waals surface area contributed by atoms with Crippen molar-refractivity contribution in [1.29, 1.82) is 0 Å². The summed E-state index contributed by atoms with van der Waals surface area (Å²) in [6.07, 6.45) is 3.01. The van der Waals surface area contributed by atoms with Crippen LogP contribution in [0, 0.1) is 13.8 Å². The molecular formula is C24H25N7O2. The predicted octanol–water partition coefficient (Wildman–Crippen LogP) is 3.37. The van der Waals surface area contributed by atoms with Crippen LogP contribution in [0.25, 0.3) is 16.8 Å². The van der Waals surface area contributed by atoms with Crippen molar-refractivity contribution in [1.82, 2.24) is 35.5 Å². The number of nitrogens with one attached hydrogen (secondary N) is 1. The third-order valence-corrected chi connectivity index (χ3v) is 5.28. The van der Waals surface area contributed by atoms with Crippen molar-refractivity contribution in [2.45, 2.75) is 33.4 Å². The topological polar surface area (TPSA) is 108 Å². The highest BCUT2D eigenvalue weighted by molar-refractivity contribution is 5.96. The van der Waals surface area contributed by atoms with Crippen LogP contribution in [0.15, 0.2) is 54.9 Å². The molecule has 1 atom stereocenters. The van der Waals surface area contributed by atoms with Crippen LogP contribution in [0.2, 0.25) is 0 Å². The second kappa shape index (κ2) is 9.66. The summed E-state index contributed by atoms with van der Waals surface area (Å²) in [6.45, 7) is 6.03. The molecule has 168 valence electrons. The molecule has 0 fully saturated rings. The van der Waals surface area contributed by atoms with Gasteiger partial charge in [0.2, 0.25) is 0 Å². The Morgan fingerprint density at radius 1 is 1.06 bits per heavy atom. The molecule has 4 rings (SSSR count). The second-order valence-electron chi connectivity index (χ2n) is 7.79. The molecule has 1 N–H and O–H groups in total. The van der Waals surface area contributed by atoms with Crippen LogP contribution in [0.3, 0.4) is 0 Å². The second-order valence-corrected chi connectivity index (χ2v) is 7.79. The van der Waals surface area contributed by atoms with E-state index in [-0.39, 0.29) is 18.6 Å². The number of carbonyl (C=O) groups excluding carboxylic acids is 1. The van der Waals surface area contributed by atoms with Gasteiger partial charge in [0.25, 0.3) is 5.91 Å². The number of benzene rings is 2. The summed E-state index contributed by atoms with van der Waals surface area (Å²) in [5.41, 5.74) is 5.66. The van der Waals surface area contributed by atoms with Crippen LogP contribution in [0.1, 0.15) is 46.2 Å². The Morgan fingerprint density at radius 2 is 1.85 bits per heavy atom. The Bertz CT molecular complexity index is 1250. The summed E-state index contributed by atoms with van der Waals surface area (Å²) in [7, 11) is 1.60. The average molecular weight is 444 g/mol. The quantitative estimate of drug-likeness (QED) is 0.466. The molecule has 0 bridgehead atoms. The number of carbonyl (C=O) groups is 1. The minimum absolute atomic E-state index is 0.234. The van der Waals surface area contributed by atoms with E-state index in [0.717, 1.165) is 22.4 Å². The maximum absolute atomic E-state index is 13.1. The molecule has 2 aromatic heterocycles. The van der Waals surface area contributed by atoms with Crippen molar-refractivity contribution in [2.24, 2.45) is 0 Å². The van der Waals surface area contributed by atoms with E-state index < -0.39 is 0 Å². The zero-order valence-electron chi connectivity index (χ0n) is 19.0. The van der Waals surface area contributed by atoms with Crippen LogP contribution in [0.5, 0.6) is 0 Å². The van der Waals surface area contributed by atoms with Gasteiger partial charge in [0.1, 0.15) is 6.10 Å². The molecule has 0 saturated carbocycles. The number of nitrogens with zero attached hydrogens (tertiary/aromatic N) is 6. The Kier molecular flexibility index (Phi) is 6.50. The van der Waals surface area contributed by atoms with E-state index in [9.17, 15) is 4.79 Å². The summed E-state index contributed by atoms with van der Waals surface area (Å²) < 4.78 is 6.99. The number of tetrazole rings is 1. The lowest BCUT2D eigenvalue weighted by atomic mass is 10.0. The summed E-state index contributed by atoms with van der Waals surface area (Å²) in [5, 5.41) is 15.0. The fraction of sp³-hybridized carbons (Fsp3) is 0.250. The monoisotopic (exact) mass is 443 g/mol. The first-order valence-electron chi connectivity index (χ1n) is 10.5. The number of methoxy groups -OCH3 is 1. The normalized spacial score (nSPS) is 11.9. The van der Waals surface area contributed by atoms with E-state index in [0.29, 0.717) is 22.8 Å². The molecule has 9 nitrogen and oxygen atoms in total. The van der Waals surface area contributed by atoms with Gasteiger partial charge in [-0.1, -0.05) is 29.8 Å². The molecule has 0 aliphatic heterocycles. The van der Waals surface area contributed by atoms with Gasteiger partial charge in [0.15, 0.2) is 5.82 Å². The minimum atomic E-state index is -0.319. The van der Waals surface area contributed by atoms with Crippen molar-refractivity contribution in [3.05, 3.63) is 83.2 Å². The zero-order valence-corrected chi connectivity index (χ0v) is 19.0. The SMILES string of the molecule is CO[C@@H](C)c1nnnn1-c1cc(C(=O)NCc2cnc(C)cn2)cc(-c2ccc(C)cc2)c1. The smallest absolute Gasteiger partial charge is 0.251 e. The van der Waals surface area contributed by atoms with Crippen molar-refractivity contribution in [2.75, 3.05) is 7.11 Å². The molecular weight excluding hydrogens is 418 g/mol. The summed E-state index contributed by atoms with van der Waals surface area (Å²) in [6, 6.07) is 13.7. The molecule has 2 heterocycles. The predicted molar refractivity (Wildman–Crippen MR) is 123 cm³/mol. The summed E-state index contributed by atoms with van der Waals surface area (Å²) in [4.78, 5) is 21.6. The lowest BCUT2D eigenvalue weighted by Gasteiger charge is -2.13. The van der Waals surface area contributed by atoms with E-state index in [1.807, 2.05) is 57.2 Å². The maximum Gasteiger partial charge on any atom is 0.251 e. The number of hydrogen-bond acceptors (Lipinski definition) is 7. The Balaban J connectivity index is 1.71. The standard InChI is InChI=1S/C24H25N7O2/c1-15-5-7-18(8-6-15)19-9-20(24(32)27-14-21-13-25-16(2)12-26-21)11-22(10-19)31-23(17(3)33-4)28-29-30-31/h5-13,17H,14H2,1-4H3,(H,27,32)/t17-/m0/s1. The molecule has 0 unspecified atom stereocenters. The number of aryl methyl sites for hydroxylation is 2. The average Bonchev–Trinajstić information content (AvgIpc) is 3.33. The number of ether oxygens (including phenoxy) is 1. The van der Waals surface area contributed by atoms with Crippen LogP contribution >= 0.6 is 0 Å².